The number of halogens is 1. The number of esters is 1. The van der Waals surface area contributed by atoms with Crippen LogP contribution in [0.3, 0.4) is 0 Å². The van der Waals surface area contributed by atoms with Crippen molar-refractivity contribution in [3.8, 4) is 0 Å². The summed E-state index contributed by atoms with van der Waals surface area (Å²) in [5.41, 5.74) is 0.912. The number of anilines is 1. The summed E-state index contributed by atoms with van der Waals surface area (Å²) in [7, 11) is 0. The Labute approximate surface area is 203 Å². The first kappa shape index (κ1) is 24.1. The lowest BCUT2D eigenvalue weighted by Gasteiger charge is -2.37. The lowest BCUT2D eigenvalue weighted by atomic mass is 9.90. The van der Waals surface area contributed by atoms with Crippen LogP contribution in [-0.2, 0) is 14.3 Å². The first-order chi connectivity index (χ1) is 16.2. The van der Waals surface area contributed by atoms with Gasteiger partial charge < -0.3 is 4.74 Å². The number of amides is 2. The number of benzene rings is 2. The minimum absolute atomic E-state index is 0.159. The molecule has 2 aromatic carbocycles. The molecule has 7 nitrogen and oxygen atoms in total. The van der Waals surface area contributed by atoms with Crippen molar-refractivity contribution in [3.05, 3.63) is 64.7 Å². The Balaban J connectivity index is 1.39. The SMILES string of the molecule is CC1CC(C)CN(C2CC(=O)N(c3ccc(C(=O)OCC(=O)c4ccccc4Cl)cc3)C2=O)C1. The summed E-state index contributed by atoms with van der Waals surface area (Å²) in [6.45, 7) is 5.50. The van der Waals surface area contributed by atoms with Crippen molar-refractivity contribution < 1.29 is 23.9 Å². The fourth-order valence-corrected chi connectivity index (χ4v) is 5.11. The van der Waals surface area contributed by atoms with Gasteiger partial charge in [-0.2, -0.15) is 0 Å². The molecular formula is C26H27ClN2O5. The Morgan fingerprint density at radius 1 is 1.00 bits per heavy atom. The largest absolute Gasteiger partial charge is 0.454 e. The van der Waals surface area contributed by atoms with Crippen molar-refractivity contribution in [2.45, 2.75) is 32.7 Å². The molecule has 0 radical (unpaired) electrons. The highest BCUT2D eigenvalue weighted by molar-refractivity contribution is 6.34. The molecule has 3 atom stereocenters. The third kappa shape index (κ3) is 5.05. The number of piperidine rings is 1. The summed E-state index contributed by atoms with van der Waals surface area (Å²) in [5.74, 6) is -0.600. The Hall–Kier alpha value is -3.03. The third-order valence-electron chi connectivity index (χ3n) is 6.33. The van der Waals surface area contributed by atoms with E-state index in [9.17, 15) is 19.2 Å². The molecule has 0 saturated carbocycles. The van der Waals surface area contributed by atoms with Gasteiger partial charge in [0.05, 0.1) is 28.7 Å². The highest BCUT2D eigenvalue weighted by atomic mass is 35.5. The molecular weight excluding hydrogens is 456 g/mol. The van der Waals surface area contributed by atoms with Crippen LogP contribution in [0.4, 0.5) is 5.69 Å². The summed E-state index contributed by atoms with van der Waals surface area (Å²) >= 11 is 6.00. The number of Topliss-reactive ketones (excluding diaryl/α,β-unsaturated/α-hetero) is 1. The molecule has 0 bridgehead atoms. The topological polar surface area (TPSA) is 84.0 Å². The predicted octanol–water partition coefficient (Wildman–Crippen LogP) is 3.99. The summed E-state index contributed by atoms with van der Waals surface area (Å²) in [6.07, 6.45) is 1.28. The Morgan fingerprint density at radius 2 is 1.65 bits per heavy atom. The molecule has 2 heterocycles. The Kier molecular flexibility index (Phi) is 7.14. The van der Waals surface area contributed by atoms with Crippen LogP contribution in [0, 0.1) is 11.8 Å². The zero-order valence-corrected chi connectivity index (χ0v) is 20.0. The zero-order valence-electron chi connectivity index (χ0n) is 19.2. The van der Waals surface area contributed by atoms with E-state index < -0.39 is 24.4 Å². The van der Waals surface area contributed by atoms with Crippen molar-refractivity contribution in [1.29, 1.82) is 0 Å². The van der Waals surface area contributed by atoms with E-state index in [0.717, 1.165) is 19.5 Å². The molecule has 34 heavy (non-hydrogen) atoms. The molecule has 2 amide bonds. The summed E-state index contributed by atoms with van der Waals surface area (Å²) in [4.78, 5) is 53.8. The van der Waals surface area contributed by atoms with E-state index in [1.165, 1.54) is 17.0 Å². The second-order valence-electron chi connectivity index (χ2n) is 9.21. The molecule has 178 valence electrons. The van der Waals surface area contributed by atoms with Crippen LogP contribution in [0.5, 0.6) is 0 Å². The number of carbonyl (C=O) groups is 4. The van der Waals surface area contributed by atoms with Gasteiger partial charge in [-0.3, -0.25) is 19.3 Å². The molecule has 3 unspecified atom stereocenters. The van der Waals surface area contributed by atoms with Crippen LogP contribution < -0.4 is 4.90 Å². The second-order valence-corrected chi connectivity index (χ2v) is 9.62. The molecule has 0 aliphatic carbocycles. The minimum atomic E-state index is -0.680. The lowest BCUT2D eigenvalue weighted by Crippen LogP contribution is -2.48. The maximum Gasteiger partial charge on any atom is 0.338 e. The van der Waals surface area contributed by atoms with Gasteiger partial charge in [0.25, 0.3) is 5.91 Å². The quantitative estimate of drug-likeness (QED) is 0.351. The maximum atomic E-state index is 13.1. The van der Waals surface area contributed by atoms with Crippen LogP contribution in [0.1, 0.15) is 47.4 Å². The van der Waals surface area contributed by atoms with Gasteiger partial charge in [0, 0.05) is 18.7 Å². The van der Waals surface area contributed by atoms with E-state index >= 15 is 0 Å². The minimum Gasteiger partial charge on any atom is -0.454 e. The standard InChI is InChI=1S/C26H27ClN2O5/c1-16-11-17(2)14-28(13-16)22-12-24(31)29(25(22)32)19-9-7-18(8-10-19)26(33)34-15-23(30)20-5-3-4-6-21(20)27/h3-10,16-17,22H,11-15H2,1-2H3. The predicted molar refractivity (Wildman–Crippen MR) is 128 cm³/mol. The molecule has 0 spiro atoms. The molecule has 0 N–H and O–H groups in total. The number of imide groups is 1. The number of likely N-dealkylation sites (tertiary alicyclic amines) is 1. The van der Waals surface area contributed by atoms with Crippen molar-refractivity contribution in [2.75, 3.05) is 24.6 Å². The zero-order chi connectivity index (χ0) is 24.4. The Morgan fingerprint density at radius 3 is 2.29 bits per heavy atom. The lowest BCUT2D eigenvalue weighted by molar-refractivity contribution is -0.123. The van der Waals surface area contributed by atoms with Gasteiger partial charge in [-0.25, -0.2) is 9.69 Å². The molecule has 8 heteroatoms. The molecule has 2 aliphatic heterocycles. The number of ketones is 1. The first-order valence-corrected chi connectivity index (χ1v) is 11.8. The second kappa shape index (κ2) is 10.1. The molecule has 2 aromatic rings. The number of hydrogen-bond donors (Lipinski definition) is 0. The molecule has 0 aromatic heterocycles. The van der Waals surface area contributed by atoms with Crippen LogP contribution in [0.25, 0.3) is 0 Å². The first-order valence-electron chi connectivity index (χ1n) is 11.4. The average molecular weight is 483 g/mol. The number of carbonyl (C=O) groups excluding carboxylic acids is 4. The van der Waals surface area contributed by atoms with Crippen molar-refractivity contribution in [2.24, 2.45) is 11.8 Å². The summed E-state index contributed by atoms with van der Waals surface area (Å²) < 4.78 is 5.12. The van der Waals surface area contributed by atoms with E-state index in [-0.39, 0.29) is 29.4 Å². The number of hydrogen-bond acceptors (Lipinski definition) is 6. The highest BCUT2D eigenvalue weighted by Crippen LogP contribution is 2.30. The van der Waals surface area contributed by atoms with E-state index in [1.807, 2.05) is 0 Å². The number of nitrogens with zero attached hydrogens (tertiary/aromatic N) is 2. The van der Waals surface area contributed by atoms with E-state index in [1.54, 1.807) is 36.4 Å². The van der Waals surface area contributed by atoms with Crippen LogP contribution in [0.15, 0.2) is 48.5 Å². The average Bonchev–Trinajstić information content (AvgIpc) is 3.11. The van der Waals surface area contributed by atoms with Gasteiger partial charge >= 0.3 is 5.97 Å². The van der Waals surface area contributed by atoms with Crippen molar-refractivity contribution >= 4 is 40.9 Å². The van der Waals surface area contributed by atoms with Crippen LogP contribution in [0.2, 0.25) is 5.02 Å². The van der Waals surface area contributed by atoms with Crippen LogP contribution >= 0.6 is 11.6 Å². The molecule has 2 fully saturated rings. The van der Waals surface area contributed by atoms with E-state index in [2.05, 4.69) is 18.7 Å². The fourth-order valence-electron chi connectivity index (χ4n) is 4.86. The molecule has 2 aliphatic rings. The van der Waals surface area contributed by atoms with Crippen LogP contribution in [-0.4, -0.2) is 54.2 Å². The van der Waals surface area contributed by atoms with Gasteiger partial charge in [-0.15, -0.1) is 0 Å². The van der Waals surface area contributed by atoms with Crippen molar-refractivity contribution in [1.82, 2.24) is 4.90 Å². The summed E-state index contributed by atoms with van der Waals surface area (Å²) in [5, 5.41) is 0.291. The molecule has 4 rings (SSSR count). The van der Waals surface area contributed by atoms with Gasteiger partial charge in [0.1, 0.15) is 0 Å². The van der Waals surface area contributed by atoms with Gasteiger partial charge in [0.15, 0.2) is 6.61 Å². The van der Waals surface area contributed by atoms with Gasteiger partial charge in [0.2, 0.25) is 11.7 Å². The maximum absolute atomic E-state index is 13.1. The van der Waals surface area contributed by atoms with Crippen molar-refractivity contribution in [3.63, 3.8) is 0 Å². The smallest absolute Gasteiger partial charge is 0.338 e. The normalized spacial score (nSPS) is 23.3. The monoisotopic (exact) mass is 482 g/mol. The Bertz CT molecular complexity index is 1110. The van der Waals surface area contributed by atoms with E-state index in [4.69, 9.17) is 16.3 Å². The number of ether oxygens (including phenoxy) is 1. The van der Waals surface area contributed by atoms with Gasteiger partial charge in [-0.1, -0.05) is 37.6 Å². The number of rotatable bonds is 6. The third-order valence-corrected chi connectivity index (χ3v) is 6.66. The molecule has 2 saturated heterocycles. The summed E-state index contributed by atoms with van der Waals surface area (Å²) in [6, 6.07) is 12.2. The fraction of sp³-hybridized carbons (Fsp3) is 0.385. The van der Waals surface area contributed by atoms with E-state index in [0.29, 0.717) is 22.5 Å². The van der Waals surface area contributed by atoms with Gasteiger partial charge in [-0.05, 0) is 54.7 Å². The highest BCUT2D eigenvalue weighted by Gasteiger charge is 2.44.